The first-order valence-electron chi connectivity index (χ1n) is 4.16. The van der Waals surface area contributed by atoms with Crippen LogP contribution in [0.4, 0.5) is 0 Å². The van der Waals surface area contributed by atoms with Crippen molar-refractivity contribution in [2.24, 2.45) is 4.36 Å². The molecule has 14 heavy (non-hydrogen) atoms. The van der Waals surface area contributed by atoms with Gasteiger partial charge < -0.3 is 0 Å². The van der Waals surface area contributed by atoms with Gasteiger partial charge in [0.15, 0.2) is 0 Å². The summed E-state index contributed by atoms with van der Waals surface area (Å²) in [4.78, 5) is 11.4. The predicted octanol–water partition coefficient (Wildman–Crippen LogP) is 1.86. The zero-order valence-corrected chi connectivity index (χ0v) is 9.30. The average molecular weight is 211 g/mol. The van der Waals surface area contributed by atoms with Crippen LogP contribution in [0, 0.1) is 6.92 Å². The van der Waals surface area contributed by atoms with Crippen molar-refractivity contribution in [3.8, 4) is 0 Å². The summed E-state index contributed by atoms with van der Waals surface area (Å²) in [5.74, 6) is -0.417. The summed E-state index contributed by atoms with van der Waals surface area (Å²) < 4.78 is 14.8. The van der Waals surface area contributed by atoms with Crippen molar-refractivity contribution in [1.82, 2.24) is 0 Å². The van der Waals surface area contributed by atoms with Gasteiger partial charge >= 0.3 is 0 Å². The van der Waals surface area contributed by atoms with E-state index in [1.165, 1.54) is 12.5 Å². The number of hydrogen-bond acceptors (Lipinski definition) is 2. The molecular formula is C10H13NO2S. The summed E-state index contributed by atoms with van der Waals surface area (Å²) in [6.07, 6.45) is 2.89. The fraction of sp³-hybridized carbons (Fsp3) is 0.300. The number of carbonyl (C=O) groups excluding carboxylic acids is 1. The van der Waals surface area contributed by atoms with Gasteiger partial charge in [0, 0.05) is 27.8 Å². The van der Waals surface area contributed by atoms with Gasteiger partial charge in [0.2, 0.25) is 0 Å². The van der Waals surface area contributed by atoms with E-state index in [0.717, 1.165) is 5.56 Å². The summed E-state index contributed by atoms with van der Waals surface area (Å²) in [5.41, 5.74) is 1.56. The summed E-state index contributed by atoms with van der Waals surface area (Å²) in [6, 6.07) is 7.03. The first kappa shape index (κ1) is 10.9. The maximum atomic E-state index is 11.4. The largest absolute Gasteiger partial charge is 0.285 e. The van der Waals surface area contributed by atoms with Gasteiger partial charge in [-0.05, 0) is 19.1 Å². The molecule has 1 rings (SSSR count). The van der Waals surface area contributed by atoms with Crippen LogP contribution in [0.1, 0.15) is 15.9 Å². The molecule has 0 spiro atoms. The predicted molar refractivity (Wildman–Crippen MR) is 57.9 cm³/mol. The molecule has 0 aliphatic carbocycles. The fourth-order valence-corrected chi connectivity index (χ4v) is 1.45. The van der Waals surface area contributed by atoms with E-state index in [1.807, 2.05) is 19.1 Å². The highest BCUT2D eigenvalue weighted by atomic mass is 32.2. The Balaban J connectivity index is 3.03. The van der Waals surface area contributed by atoms with Gasteiger partial charge in [-0.1, -0.05) is 17.7 Å². The number of amides is 1. The van der Waals surface area contributed by atoms with E-state index in [4.69, 9.17) is 0 Å². The standard InChI is InChI=1S/C10H13NO2S/c1-8-4-6-9(7-5-8)10(12)11-14(2,3)13/h4-7H,1-3H3. The first-order chi connectivity index (χ1) is 6.38. The lowest BCUT2D eigenvalue weighted by atomic mass is 10.1. The van der Waals surface area contributed by atoms with Gasteiger partial charge in [0.25, 0.3) is 5.91 Å². The van der Waals surface area contributed by atoms with Gasteiger partial charge in [0.1, 0.15) is 0 Å². The Morgan fingerprint density at radius 2 is 1.71 bits per heavy atom. The van der Waals surface area contributed by atoms with Crippen LogP contribution in [-0.4, -0.2) is 22.6 Å². The third-order valence-electron chi connectivity index (χ3n) is 1.60. The molecule has 0 unspecified atom stereocenters. The Bertz CT molecular complexity index is 446. The van der Waals surface area contributed by atoms with Gasteiger partial charge in [-0.3, -0.25) is 4.79 Å². The summed E-state index contributed by atoms with van der Waals surface area (Å²) >= 11 is 0. The van der Waals surface area contributed by atoms with E-state index in [0.29, 0.717) is 5.56 Å². The molecule has 0 N–H and O–H groups in total. The Morgan fingerprint density at radius 1 is 1.21 bits per heavy atom. The molecule has 1 aromatic rings. The van der Waals surface area contributed by atoms with Gasteiger partial charge in [-0.25, -0.2) is 4.21 Å². The molecule has 0 radical (unpaired) electrons. The highest BCUT2D eigenvalue weighted by Crippen LogP contribution is 2.05. The quantitative estimate of drug-likeness (QED) is 0.711. The number of aryl methyl sites for hydroxylation is 1. The average Bonchev–Trinajstić information content (AvgIpc) is 2.02. The Kier molecular flexibility index (Phi) is 3.06. The van der Waals surface area contributed by atoms with Crippen LogP contribution in [0.15, 0.2) is 28.6 Å². The topological polar surface area (TPSA) is 46.5 Å². The van der Waals surface area contributed by atoms with E-state index in [-0.39, 0.29) is 0 Å². The van der Waals surface area contributed by atoms with Crippen LogP contribution >= 0.6 is 0 Å². The first-order valence-corrected chi connectivity index (χ1v) is 6.50. The monoisotopic (exact) mass is 211 g/mol. The van der Waals surface area contributed by atoms with Crippen LogP contribution < -0.4 is 0 Å². The molecule has 0 heterocycles. The van der Waals surface area contributed by atoms with Crippen molar-refractivity contribution in [1.29, 1.82) is 0 Å². The summed E-state index contributed by atoms with van der Waals surface area (Å²) in [5, 5.41) is 0. The van der Waals surface area contributed by atoms with Crippen LogP contribution in [0.5, 0.6) is 0 Å². The number of benzene rings is 1. The van der Waals surface area contributed by atoms with Gasteiger partial charge in [-0.2, -0.15) is 4.36 Å². The molecule has 76 valence electrons. The van der Waals surface area contributed by atoms with E-state index in [2.05, 4.69) is 4.36 Å². The van der Waals surface area contributed by atoms with Crippen LogP contribution in [0.25, 0.3) is 0 Å². The minimum absolute atomic E-state index is 0.417. The van der Waals surface area contributed by atoms with Crippen molar-refractivity contribution >= 4 is 15.6 Å². The molecule has 0 aliphatic heterocycles. The van der Waals surface area contributed by atoms with E-state index in [9.17, 15) is 9.00 Å². The SMILES string of the molecule is Cc1ccc(C(=O)N=S(C)(C)=O)cc1. The molecule has 0 saturated heterocycles. The van der Waals surface area contributed by atoms with Crippen molar-refractivity contribution in [3.63, 3.8) is 0 Å². The van der Waals surface area contributed by atoms with Gasteiger partial charge in [-0.15, -0.1) is 0 Å². The van der Waals surface area contributed by atoms with Crippen molar-refractivity contribution < 1.29 is 9.00 Å². The zero-order chi connectivity index (χ0) is 10.8. The number of hydrogen-bond donors (Lipinski definition) is 0. The molecule has 3 nitrogen and oxygen atoms in total. The molecule has 0 bridgehead atoms. The second-order valence-electron chi connectivity index (χ2n) is 3.44. The molecule has 0 saturated carbocycles. The van der Waals surface area contributed by atoms with E-state index in [1.54, 1.807) is 12.1 Å². The number of rotatable bonds is 1. The third-order valence-corrected chi connectivity index (χ3v) is 2.21. The van der Waals surface area contributed by atoms with Crippen molar-refractivity contribution in [3.05, 3.63) is 35.4 Å². The molecule has 0 fully saturated rings. The fourth-order valence-electron chi connectivity index (χ4n) is 0.949. The maximum absolute atomic E-state index is 11.4. The lowest BCUT2D eigenvalue weighted by molar-refractivity contribution is 0.100. The number of carbonyl (C=O) groups is 1. The highest BCUT2D eigenvalue weighted by molar-refractivity contribution is 7.92. The molecule has 1 amide bonds. The third kappa shape index (κ3) is 3.30. The molecular weight excluding hydrogens is 198 g/mol. The minimum atomic E-state index is -2.36. The second kappa shape index (κ2) is 3.92. The van der Waals surface area contributed by atoms with Crippen molar-refractivity contribution in [2.45, 2.75) is 6.92 Å². The lowest BCUT2D eigenvalue weighted by Crippen LogP contribution is -2.00. The van der Waals surface area contributed by atoms with E-state index >= 15 is 0 Å². The van der Waals surface area contributed by atoms with Crippen LogP contribution in [0.2, 0.25) is 0 Å². The maximum Gasteiger partial charge on any atom is 0.285 e. The zero-order valence-electron chi connectivity index (χ0n) is 8.48. The Labute approximate surface area is 84.3 Å². The van der Waals surface area contributed by atoms with Crippen molar-refractivity contribution in [2.75, 3.05) is 12.5 Å². The lowest BCUT2D eigenvalue weighted by Gasteiger charge is -1.97. The van der Waals surface area contributed by atoms with Gasteiger partial charge in [0.05, 0.1) is 0 Å². The van der Waals surface area contributed by atoms with Crippen LogP contribution in [0.3, 0.4) is 0 Å². The molecule has 0 aromatic heterocycles. The minimum Gasteiger partial charge on any atom is -0.266 e. The molecule has 4 heteroatoms. The highest BCUT2D eigenvalue weighted by Gasteiger charge is 2.04. The summed E-state index contributed by atoms with van der Waals surface area (Å²) in [6.45, 7) is 1.94. The normalized spacial score (nSPS) is 11.1. The molecule has 0 atom stereocenters. The molecule has 0 aliphatic rings. The second-order valence-corrected chi connectivity index (χ2v) is 5.99. The van der Waals surface area contributed by atoms with Crippen LogP contribution in [-0.2, 0) is 9.73 Å². The van der Waals surface area contributed by atoms with E-state index < -0.39 is 15.6 Å². The number of nitrogens with zero attached hydrogens (tertiary/aromatic N) is 1. The Hall–Kier alpha value is -1.16. The Morgan fingerprint density at radius 3 is 2.14 bits per heavy atom. The summed E-state index contributed by atoms with van der Waals surface area (Å²) in [7, 11) is -2.36. The smallest absolute Gasteiger partial charge is 0.266 e. The molecule has 1 aromatic carbocycles.